The van der Waals surface area contributed by atoms with Gasteiger partial charge in [0.1, 0.15) is 29.1 Å². The highest BCUT2D eigenvalue weighted by molar-refractivity contribution is 5.82. The van der Waals surface area contributed by atoms with Crippen molar-refractivity contribution in [1.82, 2.24) is 9.97 Å². The first kappa shape index (κ1) is 20.8. The van der Waals surface area contributed by atoms with Gasteiger partial charge >= 0.3 is 0 Å². The molecule has 0 saturated heterocycles. The van der Waals surface area contributed by atoms with Crippen LogP contribution >= 0.6 is 0 Å². The van der Waals surface area contributed by atoms with E-state index in [1.807, 2.05) is 55.6 Å². The van der Waals surface area contributed by atoms with Gasteiger partial charge in [-0.2, -0.15) is 5.26 Å². The van der Waals surface area contributed by atoms with Crippen molar-refractivity contribution in [3.8, 4) is 34.4 Å². The van der Waals surface area contributed by atoms with Gasteiger partial charge < -0.3 is 14.8 Å². The Hall–Kier alpha value is -4.11. The van der Waals surface area contributed by atoms with Crippen LogP contribution in [0.15, 0.2) is 60.8 Å². The number of hydrogen-bond acceptors (Lipinski definition) is 6. The molecular formula is C27H24N4O2. The molecule has 1 aromatic heterocycles. The van der Waals surface area contributed by atoms with E-state index >= 15 is 0 Å². The van der Waals surface area contributed by atoms with Crippen LogP contribution < -0.4 is 14.8 Å². The first-order chi connectivity index (χ1) is 16.2. The zero-order valence-corrected chi connectivity index (χ0v) is 18.6. The summed E-state index contributed by atoms with van der Waals surface area (Å²) in [5.41, 5.74) is 5.32. The zero-order valence-electron chi connectivity index (χ0n) is 18.6. The highest BCUT2D eigenvalue weighted by Crippen LogP contribution is 2.36. The first-order valence-electron chi connectivity index (χ1n) is 11.1. The van der Waals surface area contributed by atoms with Crippen LogP contribution in [0.1, 0.15) is 30.9 Å². The second kappa shape index (κ2) is 8.79. The number of fused-ring (bicyclic) bond motifs is 1. The minimum atomic E-state index is 0.244. The average Bonchev–Trinajstić information content (AvgIpc) is 3.68. The van der Waals surface area contributed by atoms with Gasteiger partial charge in [0.25, 0.3) is 0 Å². The van der Waals surface area contributed by atoms with Crippen LogP contribution in [0.5, 0.6) is 17.2 Å². The van der Waals surface area contributed by atoms with Crippen molar-refractivity contribution in [3.05, 3.63) is 71.9 Å². The lowest BCUT2D eigenvalue weighted by atomic mass is 10.0. The topological polar surface area (TPSA) is 80.1 Å². The molecular weight excluding hydrogens is 412 g/mol. The molecule has 1 aliphatic rings. The van der Waals surface area contributed by atoms with Crippen LogP contribution in [0.3, 0.4) is 0 Å². The highest BCUT2D eigenvalue weighted by atomic mass is 16.5. The number of hydrogen-bond donors (Lipinski definition) is 1. The summed E-state index contributed by atoms with van der Waals surface area (Å²) in [7, 11) is 1.83. The Bertz CT molecular complexity index is 1360. The summed E-state index contributed by atoms with van der Waals surface area (Å²) in [6.07, 6.45) is 4.85. The molecule has 1 N–H and O–H groups in total. The number of ether oxygens (including phenoxy) is 2. The first-order valence-corrected chi connectivity index (χ1v) is 11.1. The van der Waals surface area contributed by atoms with Crippen molar-refractivity contribution in [3.63, 3.8) is 0 Å². The van der Waals surface area contributed by atoms with E-state index in [4.69, 9.17) is 9.47 Å². The van der Waals surface area contributed by atoms with Crippen molar-refractivity contribution in [2.24, 2.45) is 0 Å². The minimum Gasteiger partial charge on any atom is -0.489 e. The molecule has 1 saturated carbocycles. The molecule has 5 rings (SSSR count). The molecule has 33 heavy (non-hydrogen) atoms. The Balaban J connectivity index is 1.38. The molecule has 164 valence electrons. The number of nitrogens with zero attached hydrogens (tertiary/aromatic N) is 3. The van der Waals surface area contributed by atoms with E-state index in [0.717, 1.165) is 52.8 Å². The van der Waals surface area contributed by atoms with E-state index in [-0.39, 0.29) is 6.10 Å². The third kappa shape index (κ3) is 4.44. The number of rotatable bonds is 7. The lowest BCUT2D eigenvalue weighted by molar-refractivity contribution is 0.298. The number of nitrogens with one attached hydrogen (secondary N) is 1. The largest absolute Gasteiger partial charge is 0.489 e. The predicted molar refractivity (Wildman–Crippen MR) is 129 cm³/mol. The Labute approximate surface area is 192 Å². The SMILES string of the molecule is CCc1cc(Oc2ccc(-c3ccc4nc(NC)cnc4c3)cc2)cc(C#N)c1OC1CC1. The molecule has 6 heteroatoms. The number of nitriles is 1. The Morgan fingerprint density at radius 2 is 1.79 bits per heavy atom. The fourth-order valence-electron chi connectivity index (χ4n) is 3.72. The van der Waals surface area contributed by atoms with E-state index in [0.29, 0.717) is 22.8 Å². The van der Waals surface area contributed by atoms with Gasteiger partial charge in [-0.25, -0.2) is 4.98 Å². The molecule has 0 aliphatic heterocycles. The molecule has 0 radical (unpaired) electrons. The van der Waals surface area contributed by atoms with Crippen molar-refractivity contribution >= 4 is 16.9 Å². The summed E-state index contributed by atoms with van der Waals surface area (Å²) in [5.74, 6) is 2.79. The Kier molecular flexibility index (Phi) is 5.54. The molecule has 0 unspecified atom stereocenters. The van der Waals surface area contributed by atoms with Crippen LogP contribution in [0.2, 0.25) is 0 Å². The van der Waals surface area contributed by atoms with Gasteiger partial charge in [0, 0.05) is 13.1 Å². The lowest BCUT2D eigenvalue weighted by Gasteiger charge is -2.14. The van der Waals surface area contributed by atoms with Gasteiger partial charge in [-0.15, -0.1) is 0 Å². The van der Waals surface area contributed by atoms with Crippen LogP contribution in [0, 0.1) is 11.3 Å². The molecule has 1 fully saturated rings. The van der Waals surface area contributed by atoms with E-state index in [9.17, 15) is 5.26 Å². The minimum absolute atomic E-state index is 0.244. The predicted octanol–water partition coefficient (Wildman–Crippen LogP) is 6.11. The zero-order chi connectivity index (χ0) is 22.8. The maximum absolute atomic E-state index is 9.63. The molecule has 0 spiro atoms. The van der Waals surface area contributed by atoms with Crippen molar-refractivity contribution in [2.75, 3.05) is 12.4 Å². The van der Waals surface area contributed by atoms with Crippen LogP contribution in [0.25, 0.3) is 22.2 Å². The van der Waals surface area contributed by atoms with Gasteiger partial charge in [-0.1, -0.05) is 25.1 Å². The van der Waals surface area contributed by atoms with Gasteiger partial charge in [0.15, 0.2) is 0 Å². The molecule has 3 aromatic carbocycles. The second-order valence-electron chi connectivity index (χ2n) is 8.08. The molecule has 6 nitrogen and oxygen atoms in total. The fourth-order valence-corrected chi connectivity index (χ4v) is 3.72. The van der Waals surface area contributed by atoms with Gasteiger partial charge in [-0.05, 0) is 66.3 Å². The normalized spacial score (nSPS) is 12.9. The maximum Gasteiger partial charge on any atom is 0.144 e. The summed E-state index contributed by atoms with van der Waals surface area (Å²) < 4.78 is 12.1. The van der Waals surface area contributed by atoms with E-state index in [1.165, 1.54) is 0 Å². The van der Waals surface area contributed by atoms with Crippen molar-refractivity contribution in [1.29, 1.82) is 5.26 Å². The molecule has 0 amide bonds. The lowest BCUT2D eigenvalue weighted by Crippen LogP contribution is -2.02. The summed E-state index contributed by atoms with van der Waals surface area (Å²) in [6.45, 7) is 2.06. The highest BCUT2D eigenvalue weighted by Gasteiger charge is 2.26. The third-order valence-corrected chi connectivity index (χ3v) is 5.67. The summed E-state index contributed by atoms with van der Waals surface area (Å²) in [5, 5.41) is 12.6. The van der Waals surface area contributed by atoms with Gasteiger partial charge in [-0.3, -0.25) is 4.98 Å². The molecule has 0 bridgehead atoms. The number of aromatic nitrogens is 2. The summed E-state index contributed by atoms with van der Waals surface area (Å²) in [6, 6.07) is 19.9. The number of anilines is 1. The monoisotopic (exact) mass is 436 g/mol. The number of benzene rings is 3. The van der Waals surface area contributed by atoms with E-state index in [2.05, 4.69) is 28.3 Å². The fraction of sp³-hybridized carbons (Fsp3) is 0.222. The smallest absolute Gasteiger partial charge is 0.144 e. The molecule has 4 aromatic rings. The number of aryl methyl sites for hydroxylation is 1. The van der Waals surface area contributed by atoms with Crippen LogP contribution in [0.4, 0.5) is 5.82 Å². The average molecular weight is 437 g/mol. The van der Waals surface area contributed by atoms with Crippen LogP contribution in [-0.2, 0) is 6.42 Å². The molecule has 1 aliphatic carbocycles. The quantitative estimate of drug-likeness (QED) is 0.377. The van der Waals surface area contributed by atoms with Gasteiger partial charge in [0.2, 0.25) is 0 Å². The summed E-state index contributed by atoms with van der Waals surface area (Å²) in [4.78, 5) is 9.00. The standard InChI is InChI=1S/C27H24N4O2/c1-3-17-12-23(13-20(15-28)27(17)33-22-9-10-22)32-21-7-4-18(5-8-21)19-6-11-24-25(14-19)30-16-26(29-2)31-24/h4-8,11-14,16,22H,3,9-10H2,1-2H3,(H,29,31). The third-order valence-electron chi connectivity index (χ3n) is 5.67. The summed E-state index contributed by atoms with van der Waals surface area (Å²) >= 11 is 0. The van der Waals surface area contributed by atoms with Crippen LogP contribution in [-0.4, -0.2) is 23.1 Å². The van der Waals surface area contributed by atoms with E-state index < -0.39 is 0 Å². The van der Waals surface area contributed by atoms with Gasteiger partial charge in [0.05, 0.1) is 28.9 Å². The Morgan fingerprint density at radius 3 is 2.48 bits per heavy atom. The molecule has 1 heterocycles. The Morgan fingerprint density at radius 1 is 1.00 bits per heavy atom. The van der Waals surface area contributed by atoms with Crippen molar-refractivity contribution < 1.29 is 9.47 Å². The maximum atomic E-state index is 9.63. The second-order valence-corrected chi connectivity index (χ2v) is 8.08. The van der Waals surface area contributed by atoms with E-state index in [1.54, 1.807) is 12.3 Å². The van der Waals surface area contributed by atoms with Crippen molar-refractivity contribution in [2.45, 2.75) is 32.3 Å². The molecule has 0 atom stereocenters.